The van der Waals surface area contributed by atoms with Gasteiger partial charge in [-0.1, -0.05) is 70.2 Å². The van der Waals surface area contributed by atoms with Gasteiger partial charge in [0.15, 0.2) is 0 Å². The summed E-state index contributed by atoms with van der Waals surface area (Å²) in [6.45, 7) is 12.6. The number of hydrogen-bond acceptors (Lipinski definition) is 5. The molecule has 0 fully saturated rings. The van der Waals surface area contributed by atoms with Crippen molar-refractivity contribution in [1.29, 1.82) is 0 Å². The van der Waals surface area contributed by atoms with Crippen LogP contribution < -0.4 is 39.4 Å². The Morgan fingerprint density at radius 2 is 1.54 bits per heavy atom. The zero-order chi connectivity index (χ0) is 26.9. The monoisotopic (exact) mass is 518 g/mol. The number of ether oxygens (including phenoxy) is 1. The molecule has 6 heteroatoms. The number of carboxylic acid groups (broad SMARTS) is 1. The molecule has 0 heterocycles. The zero-order valence-electron chi connectivity index (χ0n) is 23.8. The van der Waals surface area contributed by atoms with E-state index in [0.29, 0.717) is 18.6 Å². The predicted molar refractivity (Wildman–Crippen MR) is 144 cm³/mol. The summed E-state index contributed by atoms with van der Waals surface area (Å²) < 4.78 is 5.79. The molecule has 0 aliphatic heterocycles. The fourth-order valence-corrected chi connectivity index (χ4v) is 4.79. The Hall–Kier alpha value is -1.63. The standard InChI is InChI=1S/C31H44O5.Na/c1-7-30(35,8-2)18-17-24-11-12-25(19-22(24)5)31(9-3,10-4)26-13-15-28(23(6)20-26)36-21-27(32)14-16-29(33)34;/h11-13,15,17-20,27,32,35H,7-10,14,16,21H2,1-6H3,(H,33,34);/q;+1/p-1/b18-17+;/t27-;/m0./s1. The van der Waals surface area contributed by atoms with Gasteiger partial charge >= 0.3 is 29.6 Å². The molecule has 0 amide bonds. The third kappa shape index (κ3) is 8.69. The van der Waals surface area contributed by atoms with E-state index < -0.39 is 17.7 Å². The second-order valence-corrected chi connectivity index (χ2v) is 9.86. The summed E-state index contributed by atoms with van der Waals surface area (Å²) in [7, 11) is 0. The molecule has 37 heavy (non-hydrogen) atoms. The summed E-state index contributed by atoms with van der Waals surface area (Å²) in [5, 5.41) is 31.2. The normalized spacial score (nSPS) is 12.9. The van der Waals surface area contributed by atoms with Crippen LogP contribution in [0.3, 0.4) is 0 Å². The number of rotatable bonds is 14. The number of aliphatic carboxylic acids is 1. The third-order valence-corrected chi connectivity index (χ3v) is 7.67. The van der Waals surface area contributed by atoms with Crippen LogP contribution in [0.4, 0.5) is 0 Å². The molecule has 2 rings (SSSR count). The Morgan fingerprint density at radius 1 is 0.973 bits per heavy atom. The fraction of sp³-hybridized carbons (Fsp3) is 0.516. The van der Waals surface area contributed by atoms with Crippen molar-refractivity contribution >= 4 is 12.0 Å². The predicted octanol–water partition coefficient (Wildman–Crippen LogP) is 2.25. The molecule has 0 radical (unpaired) electrons. The molecule has 0 aliphatic rings. The topological polar surface area (TPSA) is 89.8 Å². The van der Waals surface area contributed by atoms with Gasteiger partial charge in [0, 0.05) is 11.4 Å². The van der Waals surface area contributed by atoms with Crippen molar-refractivity contribution in [3.8, 4) is 5.75 Å². The molecule has 0 aliphatic carbocycles. The van der Waals surface area contributed by atoms with Crippen LogP contribution in [0.15, 0.2) is 42.5 Å². The average molecular weight is 519 g/mol. The Bertz CT molecular complexity index is 1040. The molecule has 5 nitrogen and oxygen atoms in total. The minimum Gasteiger partial charge on any atom is -0.550 e. The fourth-order valence-electron chi connectivity index (χ4n) is 4.79. The number of carbonyl (C=O) groups excluding carboxylic acids is 1. The molecule has 198 valence electrons. The van der Waals surface area contributed by atoms with E-state index >= 15 is 0 Å². The third-order valence-electron chi connectivity index (χ3n) is 7.67. The van der Waals surface area contributed by atoms with Crippen LogP contribution in [0, 0.1) is 13.8 Å². The van der Waals surface area contributed by atoms with E-state index in [1.807, 2.05) is 39.0 Å². The summed E-state index contributed by atoms with van der Waals surface area (Å²) in [4.78, 5) is 10.6. The van der Waals surface area contributed by atoms with E-state index in [1.165, 1.54) is 16.7 Å². The van der Waals surface area contributed by atoms with Crippen molar-refractivity contribution in [1.82, 2.24) is 0 Å². The van der Waals surface area contributed by atoms with Gasteiger partial charge in [-0.25, -0.2) is 0 Å². The molecule has 2 N–H and O–H groups in total. The first-order valence-electron chi connectivity index (χ1n) is 13.2. The Kier molecular flexibility index (Phi) is 13.6. The first-order chi connectivity index (χ1) is 17.0. The molecule has 0 saturated heterocycles. The minimum atomic E-state index is -1.17. The van der Waals surface area contributed by atoms with Crippen molar-refractivity contribution in [3.05, 3.63) is 70.3 Å². The Morgan fingerprint density at radius 3 is 2.03 bits per heavy atom. The largest absolute Gasteiger partial charge is 1.00 e. The number of carbonyl (C=O) groups is 1. The van der Waals surface area contributed by atoms with Crippen LogP contribution in [0.25, 0.3) is 6.08 Å². The van der Waals surface area contributed by atoms with Gasteiger partial charge in [-0.15, -0.1) is 0 Å². The van der Waals surface area contributed by atoms with Crippen LogP contribution in [0.2, 0.25) is 0 Å². The van der Waals surface area contributed by atoms with Crippen LogP contribution in [0.5, 0.6) is 5.75 Å². The molecule has 0 spiro atoms. The van der Waals surface area contributed by atoms with Crippen molar-refractivity contribution in [2.24, 2.45) is 0 Å². The molecule has 2 aromatic carbocycles. The van der Waals surface area contributed by atoms with Crippen molar-refractivity contribution < 1.29 is 54.4 Å². The van der Waals surface area contributed by atoms with Gasteiger partial charge < -0.3 is 24.9 Å². The Balaban J connectivity index is 0.00000684. The van der Waals surface area contributed by atoms with E-state index in [2.05, 4.69) is 51.1 Å². The molecule has 0 bridgehead atoms. The summed E-state index contributed by atoms with van der Waals surface area (Å²) in [5.74, 6) is -0.490. The number of benzene rings is 2. The Labute approximate surface area is 245 Å². The number of aryl methyl sites for hydroxylation is 2. The van der Waals surface area contributed by atoms with E-state index in [9.17, 15) is 20.1 Å². The quantitative estimate of drug-likeness (QED) is 0.375. The van der Waals surface area contributed by atoms with E-state index in [-0.39, 0.29) is 54.4 Å². The average Bonchev–Trinajstić information content (AvgIpc) is 2.87. The van der Waals surface area contributed by atoms with E-state index in [1.54, 1.807) is 0 Å². The second kappa shape index (κ2) is 15.1. The summed E-state index contributed by atoms with van der Waals surface area (Å²) >= 11 is 0. The second-order valence-electron chi connectivity index (χ2n) is 9.86. The number of hydrogen-bond donors (Lipinski definition) is 2. The molecule has 2 aromatic rings. The van der Waals surface area contributed by atoms with Gasteiger partial charge in [-0.05, 0) is 86.3 Å². The SMILES string of the molecule is CCC(O)(/C=C/c1ccc(C(CC)(CC)c2ccc(OC[C@@H](O)CCC(=O)[O-])c(C)c2)cc1C)CC.[Na+]. The maximum absolute atomic E-state index is 10.6. The van der Waals surface area contributed by atoms with Gasteiger partial charge in [0.25, 0.3) is 0 Å². The summed E-state index contributed by atoms with van der Waals surface area (Å²) in [6, 6.07) is 12.8. The van der Waals surface area contributed by atoms with Crippen LogP contribution in [-0.2, 0) is 10.2 Å². The van der Waals surface area contributed by atoms with Crippen molar-refractivity contribution in [2.45, 2.75) is 97.2 Å². The molecule has 0 saturated carbocycles. The van der Waals surface area contributed by atoms with E-state index in [0.717, 1.165) is 24.0 Å². The number of aliphatic hydroxyl groups is 2. The van der Waals surface area contributed by atoms with Crippen molar-refractivity contribution in [3.63, 3.8) is 0 Å². The van der Waals surface area contributed by atoms with Crippen LogP contribution >= 0.6 is 0 Å². The number of carboxylic acids is 1. The molecule has 1 atom stereocenters. The van der Waals surface area contributed by atoms with Gasteiger partial charge in [0.2, 0.25) is 0 Å². The van der Waals surface area contributed by atoms with Crippen LogP contribution in [0.1, 0.15) is 94.0 Å². The maximum Gasteiger partial charge on any atom is 1.00 e. The van der Waals surface area contributed by atoms with Crippen LogP contribution in [-0.4, -0.2) is 34.5 Å². The minimum absolute atomic E-state index is 0. The molecule has 0 unspecified atom stereocenters. The van der Waals surface area contributed by atoms with Gasteiger partial charge in [-0.3, -0.25) is 0 Å². The summed E-state index contributed by atoms with van der Waals surface area (Å²) in [6.07, 6.45) is 6.25. The molecular weight excluding hydrogens is 475 g/mol. The zero-order valence-corrected chi connectivity index (χ0v) is 25.8. The maximum atomic E-state index is 10.6. The molecule has 0 aromatic heterocycles. The van der Waals surface area contributed by atoms with E-state index in [4.69, 9.17) is 4.74 Å². The van der Waals surface area contributed by atoms with Crippen molar-refractivity contribution in [2.75, 3.05) is 6.61 Å². The van der Waals surface area contributed by atoms with Gasteiger partial charge in [0.05, 0.1) is 11.7 Å². The summed E-state index contributed by atoms with van der Waals surface area (Å²) in [5.41, 5.74) is 4.80. The first kappa shape index (κ1) is 33.4. The smallest absolute Gasteiger partial charge is 0.550 e. The van der Waals surface area contributed by atoms with Gasteiger partial charge in [0.1, 0.15) is 12.4 Å². The first-order valence-corrected chi connectivity index (χ1v) is 13.2. The van der Waals surface area contributed by atoms with Gasteiger partial charge in [-0.2, -0.15) is 0 Å². The number of aliphatic hydroxyl groups excluding tert-OH is 1. The molecular formula is C31H43NaO5.